The molecule has 2 aromatic rings. The number of halogens is 1. The normalized spacial score (nSPS) is 10.1. The van der Waals surface area contributed by atoms with E-state index in [1.165, 1.54) is 0 Å². The van der Waals surface area contributed by atoms with E-state index in [1.54, 1.807) is 6.07 Å². The highest BCUT2D eigenvalue weighted by Gasteiger charge is 2.13. The Balaban J connectivity index is 2.52. The Morgan fingerprint density at radius 2 is 1.83 bits per heavy atom. The Kier molecular flexibility index (Phi) is 4.00. The summed E-state index contributed by atoms with van der Waals surface area (Å²) in [6, 6.07) is 15.4. The van der Waals surface area contributed by atoms with Crippen LogP contribution in [0.1, 0.15) is 17.3 Å². The van der Waals surface area contributed by atoms with Crippen LogP contribution in [-0.2, 0) is 0 Å². The molecule has 0 unspecified atom stereocenters. The largest absolute Gasteiger partial charge is 0.341 e. The van der Waals surface area contributed by atoms with E-state index in [0.29, 0.717) is 10.6 Å². The van der Waals surface area contributed by atoms with Crippen LogP contribution in [0.25, 0.3) is 0 Å². The fourth-order valence-corrected chi connectivity index (χ4v) is 2.19. The molecule has 0 fully saturated rings. The van der Waals surface area contributed by atoms with Gasteiger partial charge in [0.1, 0.15) is 0 Å². The molecule has 0 bridgehead atoms. The summed E-state index contributed by atoms with van der Waals surface area (Å²) in [7, 11) is 0. The zero-order valence-corrected chi connectivity index (χ0v) is 10.9. The first-order valence-corrected chi connectivity index (χ1v) is 6.22. The van der Waals surface area contributed by atoms with Crippen LogP contribution in [0, 0.1) is 0 Å². The SMILES string of the molecule is CCN(c1ccccc1)c1cccc(Cl)c1C=O. The summed E-state index contributed by atoms with van der Waals surface area (Å²) in [6.07, 6.45) is 0.809. The van der Waals surface area contributed by atoms with Crippen molar-refractivity contribution in [1.29, 1.82) is 0 Å². The first-order valence-electron chi connectivity index (χ1n) is 5.84. The topological polar surface area (TPSA) is 20.3 Å². The quantitative estimate of drug-likeness (QED) is 0.763. The van der Waals surface area contributed by atoms with Crippen molar-refractivity contribution in [1.82, 2.24) is 0 Å². The van der Waals surface area contributed by atoms with E-state index < -0.39 is 0 Å². The van der Waals surface area contributed by atoms with Gasteiger partial charge >= 0.3 is 0 Å². The lowest BCUT2D eigenvalue weighted by Crippen LogP contribution is -2.17. The minimum atomic E-state index is 0.483. The zero-order chi connectivity index (χ0) is 13.0. The highest BCUT2D eigenvalue weighted by molar-refractivity contribution is 6.33. The van der Waals surface area contributed by atoms with Crippen molar-refractivity contribution in [2.45, 2.75) is 6.92 Å². The van der Waals surface area contributed by atoms with Gasteiger partial charge < -0.3 is 4.90 Å². The van der Waals surface area contributed by atoms with Gasteiger partial charge in [-0.25, -0.2) is 0 Å². The number of hydrogen-bond donors (Lipinski definition) is 0. The Bertz CT molecular complexity index is 539. The molecular formula is C15H14ClNO. The van der Waals surface area contributed by atoms with E-state index in [1.807, 2.05) is 49.4 Å². The molecule has 0 aliphatic rings. The molecule has 0 aromatic heterocycles. The first kappa shape index (κ1) is 12.7. The summed E-state index contributed by atoms with van der Waals surface area (Å²) >= 11 is 6.06. The second-order valence-corrected chi connectivity index (χ2v) is 4.28. The summed E-state index contributed by atoms with van der Waals surface area (Å²) in [5, 5.41) is 0.483. The fraction of sp³-hybridized carbons (Fsp3) is 0.133. The van der Waals surface area contributed by atoms with Crippen LogP contribution in [0.3, 0.4) is 0 Å². The van der Waals surface area contributed by atoms with E-state index >= 15 is 0 Å². The van der Waals surface area contributed by atoms with Gasteiger partial charge in [0.05, 0.1) is 16.3 Å². The van der Waals surface area contributed by atoms with Gasteiger partial charge in [-0.05, 0) is 31.2 Å². The predicted molar refractivity (Wildman–Crippen MR) is 76.0 cm³/mol. The third-order valence-corrected chi connectivity index (χ3v) is 3.15. The third kappa shape index (κ3) is 2.39. The van der Waals surface area contributed by atoms with Gasteiger partial charge in [-0.3, -0.25) is 4.79 Å². The first-order chi connectivity index (χ1) is 8.77. The third-order valence-electron chi connectivity index (χ3n) is 2.82. The van der Waals surface area contributed by atoms with Gasteiger partial charge in [-0.15, -0.1) is 0 Å². The van der Waals surface area contributed by atoms with Crippen molar-refractivity contribution in [3.8, 4) is 0 Å². The van der Waals surface area contributed by atoms with E-state index in [9.17, 15) is 4.79 Å². The van der Waals surface area contributed by atoms with Crippen molar-refractivity contribution in [2.75, 3.05) is 11.4 Å². The second-order valence-electron chi connectivity index (χ2n) is 3.87. The Morgan fingerprint density at radius 3 is 2.44 bits per heavy atom. The zero-order valence-electron chi connectivity index (χ0n) is 10.1. The maximum Gasteiger partial charge on any atom is 0.153 e. The van der Waals surface area contributed by atoms with Crippen molar-refractivity contribution in [2.24, 2.45) is 0 Å². The molecule has 0 aliphatic heterocycles. The van der Waals surface area contributed by atoms with E-state index in [2.05, 4.69) is 4.90 Å². The molecule has 18 heavy (non-hydrogen) atoms. The maximum atomic E-state index is 11.2. The number of hydrogen-bond acceptors (Lipinski definition) is 2. The lowest BCUT2D eigenvalue weighted by molar-refractivity contribution is 0.112. The summed E-state index contributed by atoms with van der Waals surface area (Å²) in [5.74, 6) is 0. The van der Waals surface area contributed by atoms with E-state index in [0.717, 1.165) is 24.2 Å². The van der Waals surface area contributed by atoms with Crippen LogP contribution in [-0.4, -0.2) is 12.8 Å². The van der Waals surface area contributed by atoms with Gasteiger partial charge in [0.25, 0.3) is 0 Å². The summed E-state index contributed by atoms with van der Waals surface area (Å²) in [5.41, 5.74) is 2.42. The molecule has 3 heteroatoms. The predicted octanol–water partition coefficient (Wildman–Crippen LogP) is 4.31. The fourth-order valence-electron chi connectivity index (χ4n) is 1.98. The summed E-state index contributed by atoms with van der Waals surface area (Å²) in [6.45, 7) is 2.81. The number of para-hydroxylation sites is 1. The molecule has 0 spiro atoms. The van der Waals surface area contributed by atoms with Gasteiger partial charge in [0, 0.05) is 12.2 Å². The molecule has 0 heterocycles. The molecule has 0 saturated carbocycles. The molecule has 0 N–H and O–H groups in total. The number of carbonyl (C=O) groups is 1. The number of benzene rings is 2. The van der Waals surface area contributed by atoms with Crippen LogP contribution in [0.2, 0.25) is 5.02 Å². The van der Waals surface area contributed by atoms with Crippen LogP contribution >= 0.6 is 11.6 Å². The van der Waals surface area contributed by atoms with E-state index in [4.69, 9.17) is 11.6 Å². The smallest absolute Gasteiger partial charge is 0.153 e. The number of nitrogens with zero attached hydrogens (tertiary/aromatic N) is 1. The van der Waals surface area contributed by atoms with Crippen molar-refractivity contribution >= 4 is 29.3 Å². The molecule has 0 radical (unpaired) electrons. The second kappa shape index (κ2) is 5.69. The maximum absolute atomic E-state index is 11.2. The molecule has 0 atom stereocenters. The van der Waals surface area contributed by atoms with Crippen LogP contribution in [0.5, 0.6) is 0 Å². The highest BCUT2D eigenvalue weighted by Crippen LogP contribution is 2.31. The minimum absolute atomic E-state index is 0.483. The molecule has 2 nitrogen and oxygen atoms in total. The Hall–Kier alpha value is -1.80. The molecule has 92 valence electrons. The summed E-state index contributed by atoms with van der Waals surface area (Å²) < 4.78 is 0. The average Bonchev–Trinajstić information content (AvgIpc) is 2.41. The number of anilines is 2. The average molecular weight is 260 g/mol. The number of aldehydes is 1. The molecule has 0 aliphatic carbocycles. The molecular weight excluding hydrogens is 246 g/mol. The van der Waals surface area contributed by atoms with Gasteiger partial charge in [0.15, 0.2) is 6.29 Å². The van der Waals surface area contributed by atoms with Crippen molar-refractivity contribution in [3.63, 3.8) is 0 Å². The van der Waals surface area contributed by atoms with Gasteiger partial charge in [0.2, 0.25) is 0 Å². The van der Waals surface area contributed by atoms with Crippen LogP contribution < -0.4 is 4.90 Å². The minimum Gasteiger partial charge on any atom is -0.341 e. The monoisotopic (exact) mass is 259 g/mol. The Labute approximate surface area is 112 Å². The van der Waals surface area contributed by atoms with Crippen molar-refractivity contribution < 1.29 is 4.79 Å². The highest BCUT2D eigenvalue weighted by atomic mass is 35.5. The van der Waals surface area contributed by atoms with Gasteiger partial charge in [-0.2, -0.15) is 0 Å². The van der Waals surface area contributed by atoms with Gasteiger partial charge in [-0.1, -0.05) is 35.9 Å². The standard InChI is InChI=1S/C15H14ClNO/c1-2-17(12-7-4-3-5-8-12)15-10-6-9-14(16)13(15)11-18/h3-11H,2H2,1H3. The lowest BCUT2D eigenvalue weighted by Gasteiger charge is -2.25. The molecule has 2 aromatic carbocycles. The lowest BCUT2D eigenvalue weighted by atomic mass is 10.1. The Morgan fingerprint density at radius 1 is 1.11 bits per heavy atom. The summed E-state index contributed by atoms with van der Waals surface area (Å²) in [4.78, 5) is 13.3. The number of rotatable bonds is 4. The molecule has 0 saturated heterocycles. The molecule has 2 rings (SSSR count). The van der Waals surface area contributed by atoms with Crippen LogP contribution in [0.15, 0.2) is 48.5 Å². The van der Waals surface area contributed by atoms with Crippen LogP contribution in [0.4, 0.5) is 11.4 Å². The van der Waals surface area contributed by atoms with Crippen molar-refractivity contribution in [3.05, 3.63) is 59.1 Å². The van der Waals surface area contributed by atoms with E-state index in [-0.39, 0.29) is 0 Å². The molecule has 0 amide bonds. The number of carbonyl (C=O) groups excluding carboxylic acids is 1.